The largest absolute Gasteiger partial charge is 0.496 e. The smallest absolute Gasteiger partial charge is 0.123 e. The van der Waals surface area contributed by atoms with Crippen LogP contribution in [0.5, 0.6) is 5.75 Å². The molecule has 1 N–H and O–H groups in total. The molecule has 1 fully saturated rings. The van der Waals surface area contributed by atoms with Gasteiger partial charge in [0.05, 0.1) is 7.11 Å². The predicted molar refractivity (Wildman–Crippen MR) is 84.2 cm³/mol. The Labute approximate surface area is 125 Å². The predicted octanol–water partition coefficient (Wildman–Crippen LogP) is 1.98. The van der Waals surface area contributed by atoms with Crippen LogP contribution < -0.4 is 4.74 Å². The highest BCUT2D eigenvalue weighted by molar-refractivity contribution is 7.99. The highest BCUT2D eigenvalue weighted by atomic mass is 32.2. The Morgan fingerprint density at radius 3 is 3.05 bits per heavy atom. The van der Waals surface area contributed by atoms with E-state index in [0.717, 1.165) is 36.5 Å². The number of nitrogens with zero attached hydrogens (tertiary/aromatic N) is 1. The zero-order valence-corrected chi connectivity index (χ0v) is 12.9. The van der Waals surface area contributed by atoms with E-state index in [2.05, 4.69) is 29.7 Å². The van der Waals surface area contributed by atoms with Gasteiger partial charge in [0.15, 0.2) is 0 Å². The van der Waals surface area contributed by atoms with Crippen LogP contribution in [-0.4, -0.2) is 47.8 Å². The highest BCUT2D eigenvalue weighted by Crippen LogP contribution is 2.24. The van der Waals surface area contributed by atoms with Crippen LogP contribution in [0.15, 0.2) is 18.2 Å². The Bertz CT molecular complexity index is 507. The van der Waals surface area contributed by atoms with Crippen molar-refractivity contribution in [2.24, 2.45) is 0 Å². The Morgan fingerprint density at radius 2 is 2.35 bits per heavy atom. The zero-order chi connectivity index (χ0) is 14.4. The molecule has 3 nitrogen and oxygen atoms in total. The fourth-order valence-electron chi connectivity index (χ4n) is 2.40. The number of benzene rings is 1. The Kier molecular flexibility index (Phi) is 5.78. The van der Waals surface area contributed by atoms with Crippen molar-refractivity contribution in [2.75, 3.05) is 32.6 Å². The molecule has 0 bridgehead atoms. The zero-order valence-electron chi connectivity index (χ0n) is 12.1. The SMILES string of the molecule is COc1ccc(C#CCO)cc1CN1CCSC(C)C1. The number of thioether (sulfide) groups is 1. The minimum absolute atomic E-state index is 0.109. The second kappa shape index (κ2) is 7.58. The molecule has 1 heterocycles. The lowest BCUT2D eigenvalue weighted by atomic mass is 10.1. The van der Waals surface area contributed by atoms with Crippen LogP contribution in [0, 0.1) is 11.8 Å². The summed E-state index contributed by atoms with van der Waals surface area (Å²) in [4.78, 5) is 2.46. The van der Waals surface area contributed by atoms with E-state index >= 15 is 0 Å². The number of hydrogen-bond acceptors (Lipinski definition) is 4. The minimum Gasteiger partial charge on any atom is -0.496 e. The van der Waals surface area contributed by atoms with E-state index < -0.39 is 0 Å². The standard InChI is InChI=1S/C16H21NO2S/c1-13-11-17(7-9-20-13)12-15-10-14(4-3-8-18)5-6-16(15)19-2/h5-6,10,13,18H,7-9,11-12H2,1-2H3. The van der Waals surface area contributed by atoms with Crippen molar-refractivity contribution in [2.45, 2.75) is 18.7 Å². The van der Waals surface area contributed by atoms with E-state index in [1.165, 1.54) is 5.75 Å². The fraction of sp³-hybridized carbons (Fsp3) is 0.500. The van der Waals surface area contributed by atoms with E-state index in [1.54, 1.807) is 7.11 Å². The van der Waals surface area contributed by atoms with E-state index in [4.69, 9.17) is 9.84 Å². The first kappa shape index (κ1) is 15.2. The lowest BCUT2D eigenvalue weighted by Crippen LogP contribution is -2.36. The fourth-order valence-corrected chi connectivity index (χ4v) is 3.48. The van der Waals surface area contributed by atoms with Crippen LogP contribution in [0.2, 0.25) is 0 Å². The van der Waals surface area contributed by atoms with Gasteiger partial charge in [0, 0.05) is 41.8 Å². The van der Waals surface area contributed by atoms with Gasteiger partial charge in [-0.3, -0.25) is 4.90 Å². The molecule has 0 amide bonds. The van der Waals surface area contributed by atoms with E-state index in [1.807, 2.05) is 23.9 Å². The summed E-state index contributed by atoms with van der Waals surface area (Å²) in [7, 11) is 1.70. The van der Waals surface area contributed by atoms with Crippen molar-refractivity contribution in [3.8, 4) is 17.6 Å². The first-order chi connectivity index (χ1) is 9.72. The highest BCUT2D eigenvalue weighted by Gasteiger charge is 2.18. The second-order valence-corrected chi connectivity index (χ2v) is 6.45. The van der Waals surface area contributed by atoms with Gasteiger partial charge in [0.1, 0.15) is 12.4 Å². The summed E-state index contributed by atoms with van der Waals surface area (Å²) in [6.07, 6.45) is 0. The number of methoxy groups -OCH3 is 1. The average molecular weight is 291 g/mol. The second-order valence-electron chi connectivity index (χ2n) is 4.90. The van der Waals surface area contributed by atoms with Gasteiger partial charge in [-0.2, -0.15) is 11.8 Å². The van der Waals surface area contributed by atoms with E-state index in [-0.39, 0.29) is 6.61 Å². The lowest BCUT2D eigenvalue weighted by molar-refractivity contribution is 0.273. The van der Waals surface area contributed by atoms with Crippen molar-refractivity contribution in [3.05, 3.63) is 29.3 Å². The van der Waals surface area contributed by atoms with Crippen LogP contribution in [-0.2, 0) is 6.54 Å². The Hall–Kier alpha value is -1.15. The first-order valence-corrected chi connectivity index (χ1v) is 7.88. The third kappa shape index (κ3) is 4.17. The minimum atomic E-state index is -0.109. The molecule has 1 aliphatic heterocycles. The van der Waals surface area contributed by atoms with Crippen molar-refractivity contribution in [3.63, 3.8) is 0 Å². The topological polar surface area (TPSA) is 32.7 Å². The first-order valence-electron chi connectivity index (χ1n) is 6.83. The van der Waals surface area contributed by atoms with E-state index in [9.17, 15) is 0 Å². The van der Waals surface area contributed by atoms with Crippen LogP contribution in [0.3, 0.4) is 0 Å². The van der Waals surface area contributed by atoms with Gasteiger partial charge in [-0.05, 0) is 18.2 Å². The summed E-state index contributed by atoms with van der Waals surface area (Å²) >= 11 is 2.03. The van der Waals surface area contributed by atoms with Crippen LogP contribution in [0.1, 0.15) is 18.1 Å². The summed E-state index contributed by atoms with van der Waals surface area (Å²) in [5, 5.41) is 9.47. The molecular weight excluding hydrogens is 270 g/mol. The molecule has 0 aromatic heterocycles. The molecule has 108 valence electrons. The third-order valence-corrected chi connectivity index (χ3v) is 4.45. The quantitative estimate of drug-likeness (QED) is 0.863. The molecule has 0 radical (unpaired) electrons. The van der Waals surface area contributed by atoms with Crippen molar-refractivity contribution in [1.29, 1.82) is 0 Å². The molecule has 20 heavy (non-hydrogen) atoms. The molecule has 1 unspecified atom stereocenters. The summed E-state index contributed by atoms with van der Waals surface area (Å²) in [6.45, 7) is 5.28. The molecule has 1 aromatic rings. The number of aliphatic hydroxyl groups excluding tert-OH is 1. The average Bonchev–Trinajstić information content (AvgIpc) is 2.45. The molecule has 1 atom stereocenters. The van der Waals surface area contributed by atoms with Crippen LogP contribution in [0.25, 0.3) is 0 Å². The van der Waals surface area contributed by atoms with Crippen molar-refractivity contribution < 1.29 is 9.84 Å². The van der Waals surface area contributed by atoms with Gasteiger partial charge in [0.2, 0.25) is 0 Å². The van der Waals surface area contributed by atoms with Gasteiger partial charge in [-0.15, -0.1) is 0 Å². The molecule has 0 saturated carbocycles. The number of ether oxygens (including phenoxy) is 1. The molecule has 2 rings (SSSR count). The van der Waals surface area contributed by atoms with Gasteiger partial charge < -0.3 is 9.84 Å². The maximum absolute atomic E-state index is 8.78. The van der Waals surface area contributed by atoms with Crippen LogP contribution in [0.4, 0.5) is 0 Å². The monoisotopic (exact) mass is 291 g/mol. The lowest BCUT2D eigenvalue weighted by Gasteiger charge is -2.30. The molecule has 1 aromatic carbocycles. The van der Waals surface area contributed by atoms with Gasteiger partial charge in [-0.25, -0.2) is 0 Å². The summed E-state index contributed by atoms with van der Waals surface area (Å²) < 4.78 is 5.44. The summed E-state index contributed by atoms with van der Waals surface area (Å²) in [5.41, 5.74) is 2.09. The molecule has 1 aliphatic rings. The number of rotatable bonds is 3. The Balaban J connectivity index is 2.15. The molecule has 0 spiro atoms. The van der Waals surface area contributed by atoms with Crippen molar-refractivity contribution in [1.82, 2.24) is 4.90 Å². The normalized spacial score (nSPS) is 19.2. The van der Waals surface area contributed by atoms with Gasteiger partial charge >= 0.3 is 0 Å². The molecule has 1 saturated heterocycles. The molecular formula is C16H21NO2S. The third-order valence-electron chi connectivity index (χ3n) is 3.31. The van der Waals surface area contributed by atoms with Crippen LogP contribution >= 0.6 is 11.8 Å². The maximum Gasteiger partial charge on any atom is 0.123 e. The Morgan fingerprint density at radius 1 is 1.50 bits per heavy atom. The number of hydrogen-bond donors (Lipinski definition) is 1. The van der Waals surface area contributed by atoms with Gasteiger partial charge in [0.25, 0.3) is 0 Å². The summed E-state index contributed by atoms with van der Waals surface area (Å²) in [6, 6.07) is 5.95. The number of aliphatic hydroxyl groups is 1. The maximum atomic E-state index is 8.78. The van der Waals surface area contributed by atoms with Crippen molar-refractivity contribution >= 4 is 11.8 Å². The van der Waals surface area contributed by atoms with E-state index in [0.29, 0.717) is 5.25 Å². The van der Waals surface area contributed by atoms with Gasteiger partial charge in [-0.1, -0.05) is 18.8 Å². The molecule has 4 heteroatoms. The molecule has 0 aliphatic carbocycles. The summed E-state index contributed by atoms with van der Waals surface area (Å²) in [5.74, 6) is 7.74.